The number of hydrogen-bond donors (Lipinski definition) is 2. The van der Waals surface area contributed by atoms with E-state index in [2.05, 4.69) is 20.6 Å². The number of aryl methyl sites for hydroxylation is 1. The van der Waals surface area contributed by atoms with Gasteiger partial charge in [-0.05, 0) is 44.4 Å². The average Bonchev–Trinajstić information content (AvgIpc) is 3.39. The first-order valence-corrected chi connectivity index (χ1v) is 10.9. The van der Waals surface area contributed by atoms with Crippen LogP contribution in [-0.2, 0) is 11.3 Å². The van der Waals surface area contributed by atoms with Crippen LogP contribution in [0, 0.1) is 18.2 Å². The standard InChI is InChI=1S/C23H33FN6O/c1-5-25-22(28-16-23(10-6-7-11-23)21(31)29(3)4)27-15-18-8-9-20(19(24)14-18)30-13-12-26-17(30)2/h8-9,12-14H,5-7,10-11,15-16H2,1-4H3,(H2,25,27,28). The third-order valence-electron chi connectivity index (χ3n) is 5.88. The Morgan fingerprint density at radius 1 is 1.29 bits per heavy atom. The zero-order chi connectivity index (χ0) is 22.4. The van der Waals surface area contributed by atoms with Crippen LogP contribution < -0.4 is 10.6 Å². The van der Waals surface area contributed by atoms with E-state index in [9.17, 15) is 9.18 Å². The van der Waals surface area contributed by atoms with Gasteiger partial charge in [-0.1, -0.05) is 18.9 Å². The zero-order valence-electron chi connectivity index (χ0n) is 18.9. The number of hydrogen-bond acceptors (Lipinski definition) is 3. The third-order valence-corrected chi connectivity index (χ3v) is 5.88. The van der Waals surface area contributed by atoms with Gasteiger partial charge < -0.3 is 20.1 Å². The minimum Gasteiger partial charge on any atom is -0.357 e. The Morgan fingerprint density at radius 2 is 2.03 bits per heavy atom. The van der Waals surface area contributed by atoms with E-state index >= 15 is 0 Å². The molecule has 3 rings (SSSR count). The zero-order valence-corrected chi connectivity index (χ0v) is 18.9. The number of carbonyl (C=O) groups excluding carboxylic acids is 1. The molecule has 0 saturated heterocycles. The second kappa shape index (κ2) is 9.94. The molecule has 1 aromatic carbocycles. The number of aromatic nitrogens is 2. The molecule has 0 radical (unpaired) electrons. The number of benzene rings is 1. The van der Waals surface area contributed by atoms with Crippen LogP contribution in [0.1, 0.15) is 44.0 Å². The van der Waals surface area contributed by atoms with E-state index in [1.165, 1.54) is 6.07 Å². The van der Waals surface area contributed by atoms with Gasteiger partial charge in [0.1, 0.15) is 11.6 Å². The van der Waals surface area contributed by atoms with Crippen molar-refractivity contribution in [3.8, 4) is 5.69 Å². The molecular weight excluding hydrogens is 395 g/mol. The lowest BCUT2D eigenvalue weighted by Gasteiger charge is -2.31. The van der Waals surface area contributed by atoms with Gasteiger partial charge in [-0.15, -0.1) is 0 Å². The predicted molar refractivity (Wildman–Crippen MR) is 121 cm³/mol. The molecule has 31 heavy (non-hydrogen) atoms. The first-order chi connectivity index (χ1) is 14.9. The van der Waals surface area contributed by atoms with Crippen molar-refractivity contribution in [1.82, 2.24) is 25.1 Å². The van der Waals surface area contributed by atoms with Crippen LogP contribution >= 0.6 is 0 Å². The van der Waals surface area contributed by atoms with E-state index in [0.717, 1.165) is 37.1 Å². The molecule has 0 aliphatic heterocycles. The van der Waals surface area contributed by atoms with Crippen LogP contribution in [-0.4, -0.2) is 53.5 Å². The fraction of sp³-hybridized carbons (Fsp3) is 0.522. The molecule has 2 aromatic rings. The molecule has 1 aromatic heterocycles. The van der Waals surface area contributed by atoms with Crippen molar-refractivity contribution in [1.29, 1.82) is 0 Å². The second-order valence-corrected chi connectivity index (χ2v) is 8.37. The van der Waals surface area contributed by atoms with Gasteiger partial charge in [0.15, 0.2) is 5.96 Å². The first-order valence-electron chi connectivity index (χ1n) is 10.9. The van der Waals surface area contributed by atoms with Crippen molar-refractivity contribution < 1.29 is 9.18 Å². The number of carbonyl (C=O) groups is 1. The van der Waals surface area contributed by atoms with Crippen molar-refractivity contribution >= 4 is 11.9 Å². The molecular formula is C23H33FN6O. The summed E-state index contributed by atoms with van der Waals surface area (Å²) < 4.78 is 16.4. The number of guanidine groups is 1. The predicted octanol–water partition coefficient (Wildman–Crippen LogP) is 3.02. The summed E-state index contributed by atoms with van der Waals surface area (Å²) in [6.45, 7) is 5.42. The highest BCUT2D eigenvalue weighted by Gasteiger charge is 2.42. The normalized spacial score (nSPS) is 15.7. The molecule has 1 aliphatic rings. The third kappa shape index (κ3) is 5.24. The van der Waals surface area contributed by atoms with Crippen molar-refractivity contribution in [2.45, 2.75) is 46.1 Å². The Bertz CT molecular complexity index is 930. The Morgan fingerprint density at radius 3 is 2.61 bits per heavy atom. The number of nitrogens with zero attached hydrogens (tertiary/aromatic N) is 4. The van der Waals surface area contributed by atoms with Gasteiger partial charge in [0, 0.05) is 39.6 Å². The molecule has 2 N–H and O–H groups in total. The van der Waals surface area contributed by atoms with E-state index < -0.39 is 0 Å². The summed E-state index contributed by atoms with van der Waals surface area (Å²) in [4.78, 5) is 23.2. The smallest absolute Gasteiger partial charge is 0.230 e. The molecule has 1 heterocycles. The number of nitrogens with one attached hydrogen (secondary N) is 2. The van der Waals surface area contributed by atoms with Crippen LogP contribution in [0.2, 0.25) is 0 Å². The average molecular weight is 429 g/mol. The largest absolute Gasteiger partial charge is 0.357 e. The first kappa shape index (κ1) is 22.8. The Labute approximate surface area is 183 Å². The van der Waals surface area contributed by atoms with Gasteiger partial charge in [0.05, 0.1) is 17.6 Å². The lowest BCUT2D eigenvalue weighted by atomic mass is 9.84. The minimum atomic E-state index is -0.379. The summed E-state index contributed by atoms with van der Waals surface area (Å²) >= 11 is 0. The molecule has 0 unspecified atom stereocenters. The number of rotatable bonds is 7. The summed E-state index contributed by atoms with van der Waals surface area (Å²) in [5.41, 5.74) is 0.866. The summed E-state index contributed by atoms with van der Waals surface area (Å²) in [7, 11) is 3.62. The lowest BCUT2D eigenvalue weighted by Crippen LogP contribution is -2.49. The monoisotopic (exact) mass is 428 g/mol. The Hall–Kier alpha value is -2.90. The van der Waals surface area contributed by atoms with Gasteiger partial charge in [-0.3, -0.25) is 4.79 Å². The molecule has 8 heteroatoms. The van der Waals surface area contributed by atoms with Crippen molar-refractivity contribution in [3.05, 3.63) is 47.8 Å². The van der Waals surface area contributed by atoms with Crippen LogP contribution in [0.5, 0.6) is 0 Å². The molecule has 0 bridgehead atoms. The minimum absolute atomic E-state index is 0.167. The topological polar surface area (TPSA) is 74.5 Å². The van der Waals surface area contributed by atoms with E-state index in [0.29, 0.717) is 31.3 Å². The maximum absolute atomic E-state index is 14.7. The summed E-state index contributed by atoms with van der Waals surface area (Å²) in [5, 5.41) is 6.58. The van der Waals surface area contributed by atoms with Gasteiger partial charge in [0.25, 0.3) is 0 Å². The Balaban J connectivity index is 1.70. The fourth-order valence-corrected chi connectivity index (χ4v) is 4.23. The number of halogens is 1. The molecule has 0 spiro atoms. The fourth-order valence-electron chi connectivity index (χ4n) is 4.23. The second-order valence-electron chi connectivity index (χ2n) is 8.37. The maximum atomic E-state index is 14.7. The molecule has 0 atom stereocenters. The van der Waals surface area contributed by atoms with E-state index in [4.69, 9.17) is 0 Å². The molecule has 1 amide bonds. The highest BCUT2D eigenvalue weighted by atomic mass is 19.1. The highest BCUT2D eigenvalue weighted by Crippen LogP contribution is 2.38. The number of aliphatic imine (C=N–C) groups is 1. The van der Waals surface area contributed by atoms with Gasteiger partial charge in [-0.25, -0.2) is 14.4 Å². The van der Waals surface area contributed by atoms with Crippen LogP contribution in [0.15, 0.2) is 35.6 Å². The van der Waals surface area contributed by atoms with Crippen LogP contribution in [0.25, 0.3) is 5.69 Å². The van der Waals surface area contributed by atoms with Crippen LogP contribution in [0.3, 0.4) is 0 Å². The Kier molecular flexibility index (Phi) is 7.30. The molecule has 7 nitrogen and oxygen atoms in total. The van der Waals surface area contributed by atoms with Gasteiger partial charge in [0.2, 0.25) is 5.91 Å². The van der Waals surface area contributed by atoms with Crippen molar-refractivity contribution in [2.75, 3.05) is 27.2 Å². The quantitative estimate of drug-likeness (QED) is 0.525. The molecule has 1 saturated carbocycles. The van der Waals surface area contributed by atoms with Gasteiger partial charge in [-0.2, -0.15) is 0 Å². The SMILES string of the molecule is CCNC(=NCc1ccc(-n2ccnc2C)c(F)c1)NCC1(C(=O)N(C)C)CCCC1. The number of imidazole rings is 1. The lowest BCUT2D eigenvalue weighted by molar-refractivity contribution is -0.138. The summed E-state index contributed by atoms with van der Waals surface area (Å²) in [6, 6.07) is 5.13. The summed E-state index contributed by atoms with van der Waals surface area (Å²) in [6.07, 6.45) is 7.30. The van der Waals surface area contributed by atoms with Crippen LogP contribution in [0.4, 0.5) is 4.39 Å². The molecule has 1 fully saturated rings. The molecule has 168 valence electrons. The van der Waals surface area contributed by atoms with E-state index in [1.54, 1.807) is 27.9 Å². The van der Waals surface area contributed by atoms with Crippen molar-refractivity contribution in [3.63, 3.8) is 0 Å². The van der Waals surface area contributed by atoms with E-state index in [-0.39, 0.29) is 17.1 Å². The summed E-state index contributed by atoms with van der Waals surface area (Å²) in [5.74, 6) is 1.22. The van der Waals surface area contributed by atoms with E-state index in [1.807, 2.05) is 34.0 Å². The van der Waals surface area contributed by atoms with Gasteiger partial charge >= 0.3 is 0 Å². The number of amides is 1. The molecule has 1 aliphatic carbocycles. The van der Waals surface area contributed by atoms with Crippen molar-refractivity contribution in [2.24, 2.45) is 10.4 Å². The maximum Gasteiger partial charge on any atom is 0.230 e. The highest BCUT2D eigenvalue weighted by molar-refractivity contribution is 5.85.